The summed E-state index contributed by atoms with van der Waals surface area (Å²) in [5.41, 5.74) is 0. The third kappa shape index (κ3) is 3.36. The second kappa shape index (κ2) is 7.26. The van der Waals surface area contributed by atoms with Gasteiger partial charge in [-0.1, -0.05) is 80.9 Å². The van der Waals surface area contributed by atoms with Crippen LogP contribution in [0.2, 0.25) is 5.04 Å². The SMILES string of the molecule is CC(C)(C[C@H]1CCC[C@H]1C=O)[Si](O)(c1ccccc1)c1ccccc1. The largest absolute Gasteiger partial charge is 0.424 e. The second-order valence-corrected chi connectivity index (χ2v) is 12.0. The average Bonchev–Trinajstić information content (AvgIpc) is 3.08. The van der Waals surface area contributed by atoms with Crippen LogP contribution in [0.25, 0.3) is 0 Å². The van der Waals surface area contributed by atoms with E-state index < -0.39 is 8.32 Å². The molecule has 1 aliphatic carbocycles. The van der Waals surface area contributed by atoms with Crippen molar-refractivity contribution in [1.29, 1.82) is 0 Å². The van der Waals surface area contributed by atoms with Gasteiger partial charge in [-0.2, -0.15) is 0 Å². The number of carbonyl (C=O) groups excluding carboxylic acids is 1. The molecule has 2 aromatic carbocycles. The molecular formula is C22H28O2Si. The molecule has 1 fully saturated rings. The number of hydrogen-bond donors (Lipinski definition) is 1. The molecular weight excluding hydrogens is 324 g/mol. The smallest absolute Gasteiger partial charge is 0.258 e. The Hall–Kier alpha value is -1.71. The molecule has 2 atom stereocenters. The number of aldehydes is 1. The summed E-state index contributed by atoms with van der Waals surface area (Å²) in [5, 5.41) is 1.84. The molecule has 3 heteroatoms. The Kier molecular flexibility index (Phi) is 5.26. The fraction of sp³-hybridized carbons (Fsp3) is 0.409. The first-order chi connectivity index (χ1) is 12.0. The summed E-state index contributed by atoms with van der Waals surface area (Å²) in [6.45, 7) is 4.39. The summed E-state index contributed by atoms with van der Waals surface area (Å²) in [6.07, 6.45) is 5.25. The third-order valence-corrected chi connectivity index (χ3v) is 10.5. The highest BCUT2D eigenvalue weighted by atomic mass is 28.4. The zero-order valence-corrected chi connectivity index (χ0v) is 16.2. The lowest BCUT2D eigenvalue weighted by Crippen LogP contribution is -2.65. The third-order valence-electron chi connectivity index (χ3n) is 6.03. The van der Waals surface area contributed by atoms with Crippen molar-refractivity contribution in [2.24, 2.45) is 11.8 Å². The Morgan fingerprint density at radius 1 is 1.00 bits per heavy atom. The molecule has 25 heavy (non-hydrogen) atoms. The minimum atomic E-state index is -2.96. The first-order valence-corrected chi connectivity index (χ1v) is 11.2. The Balaban J connectivity index is 2.03. The number of rotatable bonds is 6. The highest BCUT2D eigenvalue weighted by molar-refractivity contribution is 6.98. The van der Waals surface area contributed by atoms with Crippen LogP contribution < -0.4 is 10.4 Å². The summed E-state index contributed by atoms with van der Waals surface area (Å²) < 4.78 is 0. The van der Waals surface area contributed by atoms with Gasteiger partial charge in [0, 0.05) is 5.92 Å². The van der Waals surface area contributed by atoms with E-state index in [-0.39, 0.29) is 11.0 Å². The van der Waals surface area contributed by atoms with Crippen LogP contribution >= 0.6 is 0 Å². The van der Waals surface area contributed by atoms with Gasteiger partial charge in [0.25, 0.3) is 8.32 Å². The van der Waals surface area contributed by atoms with E-state index in [9.17, 15) is 9.59 Å². The first-order valence-electron chi connectivity index (χ1n) is 9.28. The van der Waals surface area contributed by atoms with Crippen molar-refractivity contribution in [3.05, 3.63) is 60.7 Å². The van der Waals surface area contributed by atoms with Gasteiger partial charge in [0.15, 0.2) is 0 Å². The number of benzene rings is 2. The van der Waals surface area contributed by atoms with Crippen molar-refractivity contribution in [3.8, 4) is 0 Å². The molecule has 2 nitrogen and oxygen atoms in total. The highest BCUT2D eigenvalue weighted by Crippen LogP contribution is 2.46. The first kappa shape index (κ1) is 18.1. The summed E-state index contributed by atoms with van der Waals surface area (Å²) >= 11 is 0. The van der Waals surface area contributed by atoms with E-state index in [2.05, 4.69) is 38.1 Å². The molecule has 0 amide bonds. The lowest BCUT2D eigenvalue weighted by molar-refractivity contribution is -0.112. The van der Waals surface area contributed by atoms with Crippen molar-refractivity contribution < 1.29 is 9.59 Å². The van der Waals surface area contributed by atoms with Gasteiger partial charge < -0.3 is 9.59 Å². The fourth-order valence-corrected chi connectivity index (χ4v) is 8.41. The van der Waals surface area contributed by atoms with Crippen molar-refractivity contribution >= 4 is 25.0 Å². The maximum Gasteiger partial charge on any atom is 0.258 e. The van der Waals surface area contributed by atoms with Gasteiger partial charge in [0.05, 0.1) is 0 Å². The zero-order chi connectivity index (χ0) is 17.9. The van der Waals surface area contributed by atoms with E-state index in [0.29, 0.717) is 5.92 Å². The van der Waals surface area contributed by atoms with Crippen LogP contribution in [0.15, 0.2) is 60.7 Å². The Morgan fingerprint density at radius 2 is 1.52 bits per heavy atom. The van der Waals surface area contributed by atoms with Crippen LogP contribution in [-0.2, 0) is 4.79 Å². The van der Waals surface area contributed by atoms with Gasteiger partial charge in [0.1, 0.15) is 6.29 Å². The highest BCUT2D eigenvalue weighted by Gasteiger charge is 2.51. The lowest BCUT2D eigenvalue weighted by Gasteiger charge is -2.43. The summed E-state index contributed by atoms with van der Waals surface area (Å²) in [6, 6.07) is 20.3. The van der Waals surface area contributed by atoms with Crippen LogP contribution in [0.3, 0.4) is 0 Å². The molecule has 0 spiro atoms. The monoisotopic (exact) mass is 352 g/mol. The lowest BCUT2D eigenvalue weighted by atomic mass is 9.88. The molecule has 0 bridgehead atoms. The molecule has 0 aromatic heterocycles. The second-order valence-electron chi connectivity index (χ2n) is 8.02. The molecule has 3 rings (SSSR count). The number of hydrogen-bond acceptors (Lipinski definition) is 2. The van der Waals surface area contributed by atoms with Gasteiger partial charge in [-0.05, 0) is 40.6 Å². The molecule has 0 radical (unpaired) electrons. The van der Waals surface area contributed by atoms with Crippen molar-refractivity contribution in [1.82, 2.24) is 0 Å². The van der Waals surface area contributed by atoms with E-state index in [1.165, 1.54) is 0 Å². The molecule has 1 aliphatic rings. The Labute approximate surface area is 152 Å². The predicted molar refractivity (Wildman–Crippen MR) is 106 cm³/mol. The quantitative estimate of drug-likeness (QED) is 0.638. The zero-order valence-electron chi connectivity index (χ0n) is 15.2. The van der Waals surface area contributed by atoms with Gasteiger partial charge in [0.2, 0.25) is 0 Å². The summed E-state index contributed by atoms with van der Waals surface area (Å²) in [7, 11) is -2.96. The van der Waals surface area contributed by atoms with Gasteiger partial charge >= 0.3 is 0 Å². The van der Waals surface area contributed by atoms with Crippen LogP contribution in [-0.4, -0.2) is 19.4 Å². The van der Waals surface area contributed by atoms with E-state index in [0.717, 1.165) is 42.3 Å². The molecule has 132 valence electrons. The van der Waals surface area contributed by atoms with Gasteiger partial charge in [-0.3, -0.25) is 0 Å². The van der Waals surface area contributed by atoms with Gasteiger partial charge in [-0.15, -0.1) is 0 Å². The average molecular weight is 353 g/mol. The minimum absolute atomic E-state index is 0.157. The summed E-state index contributed by atoms with van der Waals surface area (Å²) in [4.78, 5) is 23.6. The molecule has 1 saturated carbocycles. The topological polar surface area (TPSA) is 37.3 Å². The van der Waals surface area contributed by atoms with Crippen molar-refractivity contribution in [2.45, 2.75) is 44.6 Å². The van der Waals surface area contributed by atoms with E-state index in [1.807, 2.05) is 36.4 Å². The fourth-order valence-electron chi connectivity index (χ4n) is 4.61. The maximum absolute atomic E-state index is 12.2. The van der Waals surface area contributed by atoms with Crippen LogP contribution in [0.1, 0.15) is 39.5 Å². The van der Waals surface area contributed by atoms with Crippen molar-refractivity contribution in [3.63, 3.8) is 0 Å². The molecule has 0 aliphatic heterocycles. The van der Waals surface area contributed by atoms with E-state index >= 15 is 0 Å². The van der Waals surface area contributed by atoms with E-state index in [4.69, 9.17) is 0 Å². The van der Waals surface area contributed by atoms with Crippen molar-refractivity contribution in [2.75, 3.05) is 0 Å². The minimum Gasteiger partial charge on any atom is -0.424 e. The molecule has 0 unspecified atom stereocenters. The number of carbonyl (C=O) groups is 1. The van der Waals surface area contributed by atoms with E-state index in [1.54, 1.807) is 0 Å². The normalized spacial score (nSPS) is 21.2. The van der Waals surface area contributed by atoms with Gasteiger partial charge in [-0.25, -0.2) is 0 Å². The summed E-state index contributed by atoms with van der Waals surface area (Å²) in [5.74, 6) is 0.544. The Morgan fingerprint density at radius 3 is 2.00 bits per heavy atom. The van der Waals surface area contributed by atoms with Crippen LogP contribution in [0.4, 0.5) is 0 Å². The molecule has 0 heterocycles. The molecule has 0 saturated heterocycles. The van der Waals surface area contributed by atoms with Crippen LogP contribution in [0.5, 0.6) is 0 Å². The maximum atomic E-state index is 12.2. The molecule has 1 N–H and O–H groups in total. The predicted octanol–water partition coefficient (Wildman–Crippen LogP) is 3.52. The Bertz CT molecular complexity index is 657. The van der Waals surface area contributed by atoms with Crippen LogP contribution in [0, 0.1) is 11.8 Å². The molecule has 2 aromatic rings. The standard InChI is InChI=1S/C22H28O2Si/c1-22(2,16-18-10-9-11-19(18)17-23)25(24,20-12-5-3-6-13-20)21-14-7-4-8-15-21/h3-8,12-15,17-19,24H,9-11,16H2,1-2H3/t18-,19+/m1/s1.